The molecule has 0 saturated heterocycles. The van der Waals surface area contributed by atoms with Gasteiger partial charge in [0.1, 0.15) is 23.3 Å². The maximum Gasteiger partial charge on any atom is 0.229 e. The third kappa shape index (κ3) is 5.04. The molecule has 1 fully saturated rings. The van der Waals surface area contributed by atoms with E-state index in [4.69, 9.17) is 9.47 Å². The van der Waals surface area contributed by atoms with Gasteiger partial charge in [-0.3, -0.25) is 4.79 Å². The second-order valence-electron chi connectivity index (χ2n) is 8.49. The van der Waals surface area contributed by atoms with Crippen molar-refractivity contribution in [3.8, 4) is 5.75 Å². The average molecular weight is 469 g/mol. The fourth-order valence-corrected chi connectivity index (χ4v) is 4.04. The smallest absolute Gasteiger partial charge is 0.229 e. The number of aryl methyl sites for hydroxylation is 2. The fourth-order valence-electron chi connectivity index (χ4n) is 4.04. The van der Waals surface area contributed by atoms with Crippen molar-refractivity contribution in [2.75, 3.05) is 25.6 Å². The first-order valence-electron chi connectivity index (χ1n) is 11.0. The Labute approximate surface area is 196 Å². The number of pyridine rings is 1. The van der Waals surface area contributed by atoms with Gasteiger partial charge in [0, 0.05) is 18.9 Å². The predicted molar refractivity (Wildman–Crippen MR) is 122 cm³/mol. The summed E-state index contributed by atoms with van der Waals surface area (Å²) in [6.45, 7) is 3.99. The second kappa shape index (κ2) is 9.80. The maximum atomic E-state index is 14.1. The number of hydrogen-bond acceptors (Lipinski definition) is 6. The summed E-state index contributed by atoms with van der Waals surface area (Å²) in [6, 6.07) is 7.66. The zero-order valence-corrected chi connectivity index (χ0v) is 19.3. The molecular formula is C25H26F2N4O3. The molecule has 7 nitrogen and oxygen atoms in total. The lowest BCUT2D eigenvalue weighted by Crippen LogP contribution is -2.27. The van der Waals surface area contributed by atoms with Gasteiger partial charge in [0.2, 0.25) is 5.91 Å². The first-order chi connectivity index (χ1) is 16.3. The molecule has 2 heterocycles. The molecule has 178 valence electrons. The van der Waals surface area contributed by atoms with Gasteiger partial charge >= 0.3 is 0 Å². The van der Waals surface area contributed by atoms with Crippen LogP contribution in [0, 0.1) is 31.4 Å². The van der Waals surface area contributed by atoms with Gasteiger partial charge in [-0.05, 0) is 49.6 Å². The minimum Gasteiger partial charge on any atom is -0.489 e. The largest absolute Gasteiger partial charge is 0.489 e. The van der Waals surface area contributed by atoms with E-state index in [1.807, 2.05) is 0 Å². The number of ether oxygens (including phenoxy) is 2. The highest BCUT2D eigenvalue weighted by Gasteiger charge is 2.60. The van der Waals surface area contributed by atoms with Crippen molar-refractivity contribution >= 4 is 11.7 Å². The Morgan fingerprint density at radius 1 is 1.21 bits per heavy atom. The van der Waals surface area contributed by atoms with Gasteiger partial charge in [-0.1, -0.05) is 12.1 Å². The monoisotopic (exact) mass is 468 g/mol. The molecule has 1 aromatic carbocycles. The van der Waals surface area contributed by atoms with Gasteiger partial charge in [0.15, 0.2) is 5.75 Å². The summed E-state index contributed by atoms with van der Waals surface area (Å²) >= 11 is 0. The summed E-state index contributed by atoms with van der Waals surface area (Å²) in [4.78, 5) is 25.7. The Morgan fingerprint density at radius 3 is 2.76 bits per heavy atom. The lowest BCUT2D eigenvalue weighted by atomic mass is 9.93. The van der Waals surface area contributed by atoms with Crippen LogP contribution in [-0.2, 0) is 21.4 Å². The number of anilines is 1. The highest BCUT2D eigenvalue weighted by molar-refractivity contribution is 5.95. The minimum absolute atomic E-state index is 0.136. The van der Waals surface area contributed by atoms with Gasteiger partial charge < -0.3 is 14.8 Å². The molecule has 1 N–H and O–H groups in total. The van der Waals surface area contributed by atoms with Crippen LogP contribution < -0.4 is 10.1 Å². The van der Waals surface area contributed by atoms with Crippen LogP contribution in [-0.4, -0.2) is 41.2 Å². The van der Waals surface area contributed by atoms with Crippen LogP contribution in [0.4, 0.5) is 14.6 Å². The van der Waals surface area contributed by atoms with Crippen LogP contribution in [0.1, 0.15) is 29.1 Å². The highest BCUT2D eigenvalue weighted by Crippen LogP contribution is 2.55. The average Bonchev–Trinajstić information content (AvgIpc) is 3.55. The molecule has 4 rings (SSSR count). The number of methoxy groups -OCH3 is 1. The molecule has 0 unspecified atom stereocenters. The molecule has 1 saturated carbocycles. The van der Waals surface area contributed by atoms with Gasteiger partial charge in [-0.2, -0.15) is 0 Å². The summed E-state index contributed by atoms with van der Waals surface area (Å²) in [6.07, 6.45) is 3.68. The molecule has 3 aromatic rings. The number of aromatic nitrogens is 3. The molecule has 9 heteroatoms. The first kappa shape index (κ1) is 23.7. The summed E-state index contributed by atoms with van der Waals surface area (Å²) in [7, 11) is 1.61. The zero-order chi connectivity index (χ0) is 24.3. The Balaban J connectivity index is 1.57. The first-order valence-corrected chi connectivity index (χ1v) is 11.0. The van der Waals surface area contributed by atoms with Crippen molar-refractivity contribution in [3.63, 3.8) is 0 Å². The van der Waals surface area contributed by atoms with Crippen LogP contribution in [0.3, 0.4) is 0 Å². The van der Waals surface area contributed by atoms with Crippen LogP contribution in [0.5, 0.6) is 5.75 Å². The summed E-state index contributed by atoms with van der Waals surface area (Å²) < 4.78 is 38.9. The quantitative estimate of drug-likeness (QED) is 0.512. The van der Waals surface area contributed by atoms with E-state index in [2.05, 4.69) is 20.3 Å². The van der Waals surface area contributed by atoms with E-state index in [9.17, 15) is 13.6 Å². The van der Waals surface area contributed by atoms with Crippen molar-refractivity contribution in [2.45, 2.75) is 32.1 Å². The van der Waals surface area contributed by atoms with Crippen LogP contribution in [0.2, 0.25) is 0 Å². The standard InChI is InChI=1S/C25H26F2N4O3/c1-15-9-23(29-12-20(15)27)31-24(32)19-11-25(19,17-5-4-6-18(26)10-17)14-34-22-13-28-16(2)30-21(22)7-8-33-3/h4-6,9-10,12-13,19H,7-8,11,14H2,1-3H3,(H,29,31,32)/t19-,25+/m0/s1. The highest BCUT2D eigenvalue weighted by atomic mass is 19.1. The maximum absolute atomic E-state index is 14.1. The van der Waals surface area contributed by atoms with E-state index in [1.165, 1.54) is 18.2 Å². The van der Waals surface area contributed by atoms with Crippen LogP contribution >= 0.6 is 0 Å². The fraction of sp³-hybridized carbons (Fsp3) is 0.360. The Kier molecular flexibility index (Phi) is 6.83. The summed E-state index contributed by atoms with van der Waals surface area (Å²) in [5.74, 6) is -0.223. The normalized spacial score (nSPS) is 19.0. The van der Waals surface area contributed by atoms with E-state index in [0.29, 0.717) is 47.8 Å². The lowest BCUT2D eigenvalue weighted by Gasteiger charge is -2.20. The Hall–Kier alpha value is -3.46. The number of hydrogen-bond donors (Lipinski definition) is 1. The van der Waals surface area contributed by atoms with Crippen molar-refractivity contribution in [1.29, 1.82) is 0 Å². The summed E-state index contributed by atoms with van der Waals surface area (Å²) in [5, 5.41) is 2.75. The number of benzene rings is 1. The molecule has 0 radical (unpaired) electrons. The molecule has 1 aliphatic carbocycles. The molecular weight excluding hydrogens is 442 g/mol. The van der Waals surface area contributed by atoms with Gasteiger partial charge in [-0.25, -0.2) is 23.7 Å². The van der Waals surface area contributed by atoms with E-state index in [1.54, 1.807) is 39.3 Å². The summed E-state index contributed by atoms with van der Waals surface area (Å²) in [5.41, 5.74) is 1.02. The van der Waals surface area contributed by atoms with E-state index in [0.717, 1.165) is 6.20 Å². The number of carbonyl (C=O) groups excluding carboxylic acids is 1. The van der Waals surface area contributed by atoms with Crippen molar-refractivity contribution in [1.82, 2.24) is 15.0 Å². The number of carbonyl (C=O) groups is 1. The topological polar surface area (TPSA) is 86.2 Å². The van der Waals surface area contributed by atoms with Crippen molar-refractivity contribution in [2.24, 2.45) is 5.92 Å². The molecule has 34 heavy (non-hydrogen) atoms. The van der Waals surface area contributed by atoms with Crippen LogP contribution in [0.25, 0.3) is 0 Å². The third-order valence-electron chi connectivity index (χ3n) is 6.07. The molecule has 1 aliphatic rings. The molecule has 2 atom stereocenters. The number of nitrogens with one attached hydrogen (secondary N) is 1. The molecule has 0 spiro atoms. The number of halogens is 2. The molecule has 2 aromatic heterocycles. The van der Waals surface area contributed by atoms with Crippen LogP contribution in [0.15, 0.2) is 42.7 Å². The predicted octanol–water partition coefficient (Wildman–Crippen LogP) is 3.93. The van der Waals surface area contributed by atoms with E-state index >= 15 is 0 Å². The number of rotatable bonds is 9. The van der Waals surface area contributed by atoms with Crippen molar-refractivity contribution in [3.05, 3.63) is 77.0 Å². The minimum atomic E-state index is -0.731. The van der Waals surface area contributed by atoms with Gasteiger partial charge in [-0.15, -0.1) is 0 Å². The SMILES string of the molecule is COCCc1nc(C)ncc1OC[C@@]1(c2cccc(F)c2)C[C@H]1C(=O)Nc1cc(C)c(F)cn1. The van der Waals surface area contributed by atoms with Gasteiger partial charge in [0.05, 0.1) is 37.2 Å². The Morgan fingerprint density at radius 2 is 2.03 bits per heavy atom. The molecule has 1 amide bonds. The second-order valence-corrected chi connectivity index (χ2v) is 8.49. The Bertz CT molecular complexity index is 1210. The molecule has 0 aliphatic heterocycles. The zero-order valence-electron chi connectivity index (χ0n) is 19.3. The number of amides is 1. The third-order valence-corrected chi connectivity index (χ3v) is 6.07. The van der Waals surface area contributed by atoms with Gasteiger partial charge in [0.25, 0.3) is 0 Å². The van der Waals surface area contributed by atoms with E-state index < -0.39 is 23.0 Å². The molecule has 0 bridgehead atoms. The number of nitrogens with zero attached hydrogens (tertiary/aromatic N) is 3. The lowest BCUT2D eigenvalue weighted by molar-refractivity contribution is -0.117. The van der Waals surface area contributed by atoms with E-state index in [-0.39, 0.29) is 18.3 Å². The van der Waals surface area contributed by atoms with Crippen molar-refractivity contribution < 1.29 is 23.0 Å².